The monoisotopic (exact) mass is 253 g/mol. The number of carboxylic acid groups (broad SMARTS) is 1. The fourth-order valence-electron chi connectivity index (χ4n) is 1.39. The molecule has 0 bridgehead atoms. The number of aromatic amines is 1. The molecule has 1 aromatic rings. The molecular weight excluding hydrogens is 238 g/mol. The van der Waals surface area contributed by atoms with Gasteiger partial charge in [0.2, 0.25) is 0 Å². The largest absolute Gasteiger partial charge is 0.480 e. The summed E-state index contributed by atoms with van der Waals surface area (Å²) >= 11 is 0. The zero-order valence-corrected chi connectivity index (χ0v) is 10.1. The molecule has 3 N–H and O–H groups in total. The van der Waals surface area contributed by atoms with E-state index in [1.54, 1.807) is 0 Å². The Hall–Kier alpha value is -2.18. The minimum atomic E-state index is -1.10. The van der Waals surface area contributed by atoms with Crippen LogP contribution in [0.3, 0.4) is 0 Å². The van der Waals surface area contributed by atoms with Crippen LogP contribution in [-0.2, 0) is 4.79 Å². The highest BCUT2D eigenvalue weighted by atomic mass is 16.4. The van der Waals surface area contributed by atoms with Gasteiger partial charge in [-0.15, -0.1) is 0 Å². The van der Waals surface area contributed by atoms with Crippen molar-refractivity contribution in [3.63, 3.8) is 0 Å². The first kappa shape index (κ1) is 13.9. The molecule has 0 aliphatic rings. The SMILES string of the molecule is CC(C)C[C@@H](NC(=O)c1c[nH]c(=O)cn1)C(=O)O. The number of rotatable bonds is 5. The van der Waals surface area contributed by atoms with Crippen LogP contribution in [0.1, 0.15) is 30.8 Å². The molecule has 1 heterocycles. The van der Waals surface area contributed by atoms with Gasteiger partial charge in [-0.25, -0.2) is 9.78 Å². The third-order valence-corrected chi connectivity index (χ3v) is 2.22. The second kappa shape index (κ2) is 5.95. The molecule has 1 rings (SSSR count). The van der Waals surface area contributed by atoms with Gasteiger partial charge in [-0.3, -0.25) is 9.59 Å². The Labute approximate surface area is 103 Å². The van der Waals surface area contributed by atoms with Crippen LogP contribution >= 0.6 is 0 Å². The van der Waals surface area contributed by atoms with Crippen LogP contribution in [0.25, 0.3) is 0 Å². The van der Waals surface area contributed by atoms with E-state index >= 15 is 0 Å². The Morgan fingerprint density at radius 1 is 1.50 bits per heavy atom. The zero-order valence-electron chi connectivity index (χ0n) is 10.1. The predicted molar refractivity (Wildman–Crippen MR) is 63.2 cm³/mol. The fraction of sp³-hybridized carbons (Fsp3) is 0.455. The van der Waals surface area contributed by atoms with Gasteiger partial charge in [0.1, 0.15) is 11.7 Å². The zero-order chi connectivity index (χ0) is 13.7. The highest BCUT2D eigenvalue weighted by molar-refractivity contribution is 5.94. The van der Waals surface area contributed by atoms with Crippen LogP contribution in [0.5, 0.6) is 0 Å². The molecule has 0 unspecified atom stereocenters. The number of carbonyl (C=O) groups excluding carboxylic acids is 1. The number of amides is 1. The molecule has 0 aliphatic carbocycles. The molecule has 0 fully saturated rings. The third-order valence-electron chi connectivity index (χ3n) is 2.22. The summed E-state index contributed by atoms with van der Waals surface area (Å²) in [7, 11) is 0. The van der Waals surface area contributed by atoms with Crippen molar-refractivity contribution in [1.82, 2.24) is 15.3 Å². The molecule has 0 radical (unpaired) electrons. The highest BCUT2D eigenvalue weighted by Crippen LogP contribution is 2.05. The van der Waals surface area contributed by atoms with Gasteiger partial charge in [0.05, 0.1) is 6.20 Å². The summed E-state index contributed by atoms with van der Waals surface area (Å²) in [6, 6.07) is -0.966. The lowest BCUT2D eigenvalue weighted by Gasteiger charge is -2.15. The summed E-state index contributed by atoms with van der Waals surface area (Å²) in [5.74, 6) is -1.59. The van der Waals surface area contributed by atoms with Crippen molar-refractivity contribution in [2.24, 2.45) is 5.92 Å². The van der Waals surface area contributed by atoms with Crippen LogP contribution in [0.15, 0.2) is 17.2 Å². The Balaban J connectivity index is 2.75. The number of nitrogens with zero attached hydrogens (tertiary/aromatic N) is 1. The van der Waals surface area contributed by atoms with Crippen molar-refractivity contribution in [1.29, 1.82) is 0 Å². The van der Waals surface area contributed by atoms with Crippen LogP contribution < -0.4 is 10.9 Å². The van der Waals surface area contributed by atoms with Crippen LogP contribution in [0.4, 0.5) is 0 Å². The van der Waals surface area contributed by atoms with Gasteiger partial charge in [-0.2, -0.15) is 0 Å². The first-order valence-electron chi connectivity index (χ1n) is 5.48. The maximum atomic E-state index is 11.7. The van der Waals surface area contributed by atoms with Crippen molar-refractivity contribution in [3.05, 3.63) is 28.4 Å². The highest BCUT2D eigenvalue weighted by Gasteiger charge is 2.22. The van der Waals surface area contributed by atoms with Gasteiger partial charge in [-0.1, -0.05) is 13.8 Å². The molecule has 98 valence electrons. The van der Waals surface area contributed by atoms with Gasteiger partial charge >= 0.3 is 5.97 Å². The van der Waals surface area contributed by atoms with E-state index < -0.39 is 23.5 Å². The average molecular weight is 253 g/mol. The number of carbonyl (C=O) groups is 2. The Kier molecular flexibility index (Phi) is 4.59. The number of hydrogen-bond donors (Lipinski definition) is 3. The van der Waals surface area contributed by atoms with Crippen LogP contribution in [0, 0.1) is 5.92 Å². The number of H-pyrrole nitrogens is 1. The maximum absolute atomic E-state index is 11.7. The predicted octanol–water partition coefficient (Wildman–Crippen LogP) is -0.00100. The minimum Gasteiger partial charge on any atom is -0.480 e. The van der Waals surface area contributed by atoms with Gasteiger partial charge < -0.3 is 15.4 Å². The molecule has 7 nitrogen and oxygen atoms in total. The van der Waals surface area contributed by atoms with Gasteiger partial charge in [0.25, 0.3) is 11.5 Å². The average Bonchev–Trinajstić information content (AvgIpc) is 2.28. The lowest BCUT2D eigenvalue weighted by molar-refractivity contribution is -0.139. The maximum Gasteiger partial charge on any atom is 0.326 e. The molecule has 0 saturated carbocycles. The van der Waals surface area contributed by atoms with Crippen molar-refractivity contribution >= 4 is 11.9 Å². The fourth-order valence-corrected chi connectivity index (χ4v) is 1.39. The molecular formula is C11H15N3O4. The number of nitrogens with one attached hydrogen (secondary N) is 2. The Morgan fingerprint density at radius 3 is 2.61 bits per heavy atom. The van der Waals surface area contributed by atoms with E-state index in [-0.39, 0.29) is 11.6 Å². The molecule has 1 atom stereocenters. The number of aromatic nitrogens is 2. The van der Waals surface area contributed by atoms with Crippen LogP contribution in [0.2, 0.25) is 0 Å². The van der Waals surface area contributed by atoms with Gasteiger partial charge in [0.15, 0.2) is 0 Å². The van der Waals surface area contributed by atoms with E-state index in [0.29, 0.717) is 6.42 Å². The first-order chi connectivity index (χ1) is 8.40. The molecule has 1 aromatic heterocycles. The molecule has 0 aromatic carbocycles. The Bertz CT molecular complexity index is 475. The first-order valence-corrected chi connectivity index (χ1v) is 5.48. The summed E-state index contributed by atoms with van der Waals surface area (Å²) < 4.78 is 0. The lowest BCUT2D eigenvalue weighted by Crippen LogP contribution is -2.42. The van der Waals surface area contributed by atoms with Crippen molar-refractivity contribution in [2.45, 2.75) is 26.3 Å². The molecule has 1 amide bonds. The summed E-state index contributed by atoms with van der Waals surface area (Å²) in [5, 5.41) is 11.3. The second-order valence-corrected chi connectivity index (χ2v) is 4.29. The van der Waals surface area contributed by atoms with Gasteiger partial charge in [0, 0.05) is 6.20 Å². The summed E-state index contributed by atoms with van der Waals surface area (Å²) in [5.41, 5.74) is -0.451. The van der Waals surface area contributed by atoms with E-state index in [1.165, 1.54) is 0 Å². The molecule has 0 saturated heterocycles. The van der Waals surface area contributed by atoms with E-state index in [2.05, 4.69) is 15.3 Å². The van der Waals surface area contributed by atoms with E-state index in [0.717, 1.165) is 12.4 Å². The van der Waals surface area contributed by atoms with Crippen molar-refractivity contribution < 1.29 is 14.7 Å². The van der Waals surface area contributed by atoms with Crippen LogP contribution in [-0.4, -0.2) is 33.0 Å². The van der Waals surface area contributed by atoms with E-state index in [9.17, 15) is 14.4 Å². The topological polar surface area (TPSA) is 112 Å². The van der Waals surface area contributed by atoms with Gasteiger partial charge in [-0.05, 0) is 12.3 Å². The molecule has 18 heavy (non-hydrogen) atoms. The van der Waals surface area contributed by atoms with E-state index in [1.807, 2.05) is 13.8 Å². The summed E-state index contributed by atoms with van der Waals surface area (Å²) in [4.78, 5) is 39.4. The smallest absolute Gasteiger partial charge is 0.326 e. The lowest BCUT2D eigenvalue weighted by atomic mass is 10.0. The second-order valence-electron chi connectivity index (χ2n) is 4.29. The molecule has 0 aliphatic heterocycles. The standard InChI is InChI=1S/C11H15N3O4/c1-6(2)3-7(11(17)18)14-10(16)8-4-13-9(15)5-12-8/h4-7H,3H2,1-2H3,(H,13,15)(H,14,16)(H,17,18)/t7-/m1/s1. The third kappa shape index (κ3) is 4.00. The quantitative estimate of drug-likeness (QED) is 0.683. The molecule has 7 heteroatoms. The summed E-state index contributed by atoms with van der Waals surface area (Å²) in [6.07, 6.45) is 2.43. The van der Waals surface area contributed by atoms with E-state index in [4.69, 9.17) is 5.11 Å². The number of hydrogen-bond acceptors (Lipinski definition) is 4. The Morgan fingerprint density at radius 2 is 2.17 bits per heavy atom. The molecule has 0 spiro atoms. The number of carboxylic acids is 1. The van der Waals surface area contributed by atoms with Crippen molar-refractivity contribution in [3.8, 4) is 0 Å². The normalized spacial score (nSPS) is 12.2. The van der Waals surface area contributed by atoms with Crippen molar-refractivity contribution in [2.75, 3.05) is 0 Å². The minimum absolute atomic E-state index is 0.0235. The summed E-state index contributed by atoms with van der Waals surface area (Å²) in [6.45, 7) is 3.72. The number of aliphatic carboxylic acids is 1.